The topological polar surface area (TPSA) is 12.0 Å². The van der Waals surface area contributed by atoms with Crippen LogP contribution in [0.1, 0.15) is 43.6 Å². The Morgan fingerprint density at radius 1 is 1.06 bits per heavy atom. The van der Waals surface area contributed by atoms with E-state index in [9.17, 15) is 0 Å². The van der Waals surface area contributed by atoms with Crippen LogP contribution in [-0.2, 0) is 0 Å². The first kappa shape index (κ1) is 10.3. The van der Waals surface area contributed by atoms with E-state index >= 15 is 0 Å². The van der Waals surface area contributed by atoms with Gasteiger partial charge >= 0.3 is 0 Å². The molecule has 0 aliphatic heterocycles. The molecule has 2 aliphatic carbocycles. The zero-order chi connectivity index (χ0) is 10.8. The minimum absolute atomic E-state index is 0.831. The van der Waals surface area contributed by atoms with E-state index < -0.39 is 0 Å². The van der Waals surface area contributed by atoms with Gasteiger partial charge in [0.05, 0.1) is 0 Å². The van der Waals surface area contributed by atoms with Gasteiger partial charge in [0, 0.05) is 6.04 Å². The number of hydrogen-bond acceptors (Lipinski definition) is 1. The molecule has 0 amide bonds. The van der Waals surface area contributed by atoms with Gasteiger partial charge in [-0.05, 0) is 43.2 Å². The van der Waals surface area contributed by atoms with Gasteiger partial charge in [0.1, 0.15) is 0 Å². The maximum Gasteiger partial charge on any atom is 0.00671 e. The molecule has 1 aromatic carbocycles. The molecule has 3 rings (SSSR count). The van der Waals surface area contributed by atoms with Crippen molar-refractivity contribution in [1.29, 1.82) is 0 Å². The van der Waals surface area contributed by atoms with Gasteiger partial charge < -0.3 is 5.32 Å². The van der Waals surface area contributed by atoms with Crippen molar-refractivity contribution in [3.63, 3.8) is 0 Å². The van der Waals surface area contributed by atoms with Gasteiger partial charge in [-0.2, -0.15) is 0 Å². The summed E-state index contributed by atoms with van der Waals surface area (Å²) in [5.74, 6) is 1.75. The molecule has 1 N–H and O–H groups in total. The smallest absolute Gasteiger partial charge is 0.00671 e. The largest absolute Gasteiger partial charge is 0.314 e. The lowest BCUT2D eigenvalue weighted by atomic mass is 10.1. The Kier molecular flexibility index (Phi) is 2.96. The van der Waals surface area contributed by atoms with Crippen molar-refractivity contribution < 1.29 is 0 Å². The molecule has 2 fully saturated rings. The van der Waals surface area contributed by atoms with Crippen LogP contribution in [-0.4, -0.2) is 12.6 Å². The van der Waals surface area contributed by atoms with Crippen LogP contribution in [0.25, 0.3) is 0 Å². The SMILES string of the molecule is c1ccc(C2CC2CNC2CCCC2)cc1. The van der Waals surface area contributed by atoms with Gasteiger partial charge in [0.15, 0.2) is 0 Å². The number of nitrogens with one attached hydrogen (secondary N) is 1. The summed E-state index contributed by atoms with van der Waals surface area (Å²) in [6.07, 6.45) is 7.07. The quantitative estimate of drug-likeness (QED) is 0.812. The van der Waals surface area contributed by atoms with Gasteiger partial charge in [-0.1, -0.05) is 43.2 Å². The van der Waals surface area contributed by atoms with E-state index in [1.807, 2.05) is 0 Å². The van der Waals surface area contributed by atoms with E-state index in [0.717, 1.165) is 17.9 Å². The van der Waals surface area contributed by atoms with E-state index in [1.54, 1.807) is 5.56 Å². The van der Waals surface area contributed by atoms with Gasteiger partial charge in [0.2, 0.25) is 0 Å². The molecule has 0 radical (unpaired) electrons. The lowest BCUT2D eigenvalue weighted by Crippen LogP contribution is -2.28. The summed E-state index contributed by atoms with van der Waals surface area (Å²) in [6.45, 7) is 1.24. The fraction of sp³-hybridized carbons (Fsp3) is 0.600. The van der Waals surface area contributed by atoms with Crippen LogP contribution >= 0.6 is 0 Å². The fourth-order valence-electron chi connectivity index (χ4n) is 3.03. The zero-order valence-electron chi connectivity index (χ0n) is 9.86. The minimum Gasteiger partial charge on any atom is -0.314 e. The molecule has 2 atom stereocenters. The highest BCUT2D eigenvalue weighted by molar-refractivity contribution is 5.25. The van der Waals surface area contributed by atoms with Crippen molar-refractivity contribution >= 4 is 0 Å². The maximum absolute atomic E-state index is 3.74. The molecule has 0 bridgehead atoms. The second kappa shape index (κ2) is 4.58. The van der Waals surface area contributed by atoms with E-state index in [-0.39, 0.29) is 0 Å². The third kappa shape index (κ3) is 2.30. The molecule has 86 valence electrons. The van der Waals surface area contributed by atoms with Crippen LogP contribution in [0.3, 0.4) is 0 Å². The first-order valence-electron chi connectivity index (χ1n) is 6.72. The molecule has 1 heteroatoms. The first-order valence-corrected chi connectivity index (χ1v) is 6.72. The number of hydrogen-bond donors (Lipinski definition) is 1. The van der Waals surface area contributed by atoms with Gasteiger partial charge in [-0.25, -0.2) is 0 Å². The summed E-state index contributed by atoms with van der Waals surface area (Å²) in [6, 6.07) is 11.8. The predicted octanol–water partition coefficient (Wildman–Crippen LogP) is 3.32. The predicted molar refractivity (Wildman–Crippen MR) is 67.5 cm³/mol. The molecule has 0 saturated heterocycles. The molecule has 2 aliphatic rings. The molecule has 0 heterocycles. The number of rotatable bonds is 4. The Hall–Kier alpha value is -0.820. The second-order valence-corrected chi connectivity index (χ2v) is 5.40. The normalized spacial score (nSPS) is 29.5. The van der Waals surface area contributed by atoms with E-state index in [2.05, 4.69) is 35.6 Å². The van der Waals surface area contributed by atoms with Gasteiger partial charge in [-0.3, -0.25) is 0 Å². The summed E-state index contributed by atoms with van der Waals surface area (Å²) in [7, 11) is 0. The monoisotopic (exact) mass is 215 g/mol. The highest BCUT2D eigenvalue weighted by atomic mass is 14.9. The molecule has 2 unspecified atom stereocenters. The van der Waals surface area contributed by atoms with Crippen LogP contribution in [0.15, 0.2) is 30.3 Å². The lowest BCUT2D eigenvalue weighted by Gasteiger charge is -2.11. The fourth-order valence-corrected chi connectivity index (χ4v) is 3.03. The molecule has 1 nitrogen and oxygen atoms in total. The van der Waals surface area contributed by atoms with E-state index in [0.29, 0.717) is 0 Å². The van der Waals surface area contributed by atoms with Crippen LogP contribution in [0.5, 0.6) is 0 Å². The molecular weight excluding hydrogens is 194 g/mol. The standard InChI is InChI=1S/C15H21N/c1-2-6-12(7-3-1)15-10-13(15)11-16-14-8-4-5-9-14/h1-3,6-7,13-16H,4-5,8-11H2. The van der Waals surface area contributed by atoms with Crippen molar-refractivity contribution in [2.24, 2.45) is 5.92 Å². The van der Waals surface area contributed by atoms with Gasteiger partial charge in [0.25, 0.3) is 0 Å². The highest BCUT2D eigenvalue weighted by Gasteiger charge is 2.37. The van der Waals surface area contributed by atoms with Crippen molar-refractivity contribution in [1.82, 2.24) is 5.32 Å². The average molecular weight is 215 g/mol. The Morgan fingerprint density at radius 2 is 1.81 bits per heavy atom. The summed E-state index contributed by atoms with van der Waals surface area (Å²) >= 11 is 0. The van der Waals surface area contributed by atoms with Crippen molar-refractivity contribution in [3.05, 3.63) is 35.9 Å². The summed E-state index contributed by atoms with van der Waals surface area (Å²) < 4.78 is 0. The molecular formula is C15H21N. The van der Waals surface area contributed by atoms with Crippen molar-refractivity contribution in [3.8, 4) is 0 Å². The van der Waals surface area contributed by atoms with Crippen LogP contribution in [0.4, 0.5) is 0 Å². The van der Waals surface area contributed by atoms with E-state index in [1.165, 1.54) is 38.6 Å². The third-order valence-corrected chi connectivity index (χ3v) is 4.17. The second-order valence-electron chi connectivity index (χ2n) is 5.40. The summed E-state index contributed by atoms with van der Waals surface area (Å²) in [5, 5.41) is 3.74. The van der Waals surface area contributed by atoms with Crippen LogP contribution in [0.2, 0.25) is 0 Å². The number of benzene rings is 1. The Balaban J connectivity index is 1.46. The van der Waals surface area contributed by atoms with E-state index in [4.69, 9.17) is 0 Å². The average Bonchev–Trinajstić information content (AvgIpc) is 2.93. The molecule has 0 aromatic heterocycles. The molecule has 2 saturated carbocycles. The Labute approximate surface area is 98.3 Å². The molecule has 0 spiro atoms. The van der Waals surface area contributed by atoms with Crippen LogP contribution < -0.4 is 5.32 Å². The lowest BCUT2D eigenvalue weighted by molar-refractivity contribution is 0.503. The highest BCUT2D eigenvalue weighted by Crippen LogP contribution is 2.46. The van der Waals surface area contributed by atoms with Crippen molar-refractivity contribution in [2.75, 3.05) is 6.54 Å². The summed E-state index contributed by atoms with van der Waals surface area (Å²) in [4.78, 5) is 0. The molecule has 1 aromatic rings. The van der Waals surface area contributed by atoms with Crippen LogP contribution in [0, 0.1) is 5.92 Å². The van der Waals surface area contributed by atoms with Gasteiger partial charge in [-0.15, -0.1) is 0 Å². The zero-order valence-corrected chi connectivity index (χ0v) is 9.86. The Bertz CT molecular complexity index is 327. The minimum atomic E-state index is 0.831. The molecule has 16 heavy (non-hydrogen) atoms. The van der Waals surface area contributed by atoms with Crippen molar-refractivity contribution in [2.45, 2.75) is 44.1 Å². The third-order valence-electron chi connectivity index (χ3n) is 4.17. The maximum atomic E-state index is 3.74. The first-order chi connectivity index (χ1) is 7.93. The summed E-state index contributed by atoms with van der Waals surface area (Å²) in [5.41, 5.74) is 1.54. The Morgan fingerprint density at radius 3 is 2.56 bits per heavy atom.